The molecule has 0 bridgehead atoms. The van der Waals surface area contributed by atoms with Gasteiger partial charge in [-0.2, -0.15) is 0 Å². The van der Waals surface area contributed by atoms with Crippen LogP contribution in [0.4, 0.5) is 0 Å². The topological polar surface area (TPSA) is 46.6 Å². The number of morpholine rings is 1. The summed E-state index contributed by atoms with van der Waals surface area (Å²) in [6.45, 7) is 3.70. The molecule has 1 saturated heterocycles. The number of ether oxygens (including phenoxy) is 1. The van der Waals surface area contributed by atoms with Crippen LogP contribution >= 0.6 is 0 Å². The second-order valence-electron chi connectivity index (χ2n) is 5.48. The van der Waals surface area contributed by atoms with Crippen LogP contribution in [0.3, 0.4) is 0 Å². The third kappa shape index (κ3) is 3.80. The number of carbonyl (C=O) groups is 2. The molecule has 2 aliphatic rings. The standard InChI is InChI=1S/C13H21NO3/c1-10-3-2-4-11(7-10)5-6-14-8-12(15)17-13(16)9-14/h10-11H,2-9H2,1H3. The lowest BCUT2D eigenvalue weighted by Crippen LogP contribution is -2.43. The van der Waals surface area contributed by atoms with Crippen molar-refractivity contribution in [2.24, 2.45) is 11.8 Å². The molecule has 2 fully saturated rings. The van der Waals surface area contributed by atoms with Gasteiger partial charge >= 0.3 is 11.9 Å². The highest BCUT2D eigenvalue weighted by Crippen LogP contribution is 2.30. The SMILES string of the molecule is CC1CCCC(CCN2CC(=O)OC(=O)C2)C1. The first kappa shape index (κ1) is 12.6. The van der Waals surface area contributed by atoms with Gasteiger partial charge in [-0.3, -0.25) is 14.5 Å². The van der Waals surface area contributed by atoms with Crippen LogP contribution in [0, 0.1) is 11.8 Å². The summed E-state index contributed by atoms with van der Waals surface area (Å²) in [5.41, 5.74) is 0. The summed E-state index contributed by atoms with van der Waals surface area (Å²) in [5.74, 6) is 0.796. The molecule has 0 aromatic heterocycles. The molecule has 0 N–H and O–H groups in total. The maximum atomic E-state index is 11.1. The normalized spacial score (nSPS) is 31.4. The van der Waals surface area contributed by atoms with E-state index in [9.17, 15) is 9.59 Å². The molecule has 2 atom stereocenters. The summed E-state index contributed by atoms with van der Waals surface area (Å²) in [5, 5.41) is 0. The zero-order valence-corrected chi connectivity index (χ0v) is 10.5. The van der Waals surface area contributed by atoms with Crippen LogP contribution < -0.4 is 0 Å². The number of rotatable bonds is 3. The molecule has 4 heteroatoms. The van der Waals surface area contributed by atoms with E-state index in [2.05, 4.69) is 11.7 Å². The third-order valence-electron chi connectivity index (χ3n) is 3.83. The minimum Gasteiger partial charge on any atom is -0.391 e. The van der Waals surface area contributed by atoms with Crippen LogP contribution in [-0.2, 0) is 14.3 Å². The molecule has 2 rings (SSSR count). The number of carbonyl (C=O) groups excluding carboxylic acids is 2. The molecule has 4 nitrogen and oxygen atoms in total. The highest BCUT2D eigenvalue weighted by molar-refractivity contribution is 5.90. The molecular weight excluding hydrogens is 218 g/mol. The molecule has 1 saturated carbocycles. The summed E-state index contributed by atoms with van der Waals surface area (Å²) >= 11 is 0. The van der Waals surface area contributed by atoms with Crippen molar-refractivity contribution in [1.82, 2.24) is 4.90 Å². The maximum absolute atomic E-state index is 11.1. The molecule has 1 heterocycles. The average molecular weight is 239 g/mol. The molecule has 0 aromatic rings. The number of cyclic esters (lactones) is 2. The number of hydrogen-bond donors (Lipinski definition) is 0. The summed E-state index contributed by atoms with van der Waals surface area (Å²) in [4.78, 5) is 24.1. The second kappa shape index (κ2) is 5.63. The Kier molecular flexibility index (Phi) is 4.15. The second-order valence-corrected chi connectivity index (χ2v) is 5.48. The molecule has 0 spiro atoms. The zero-order valence-electron chi connectivity index (χ0n) is 10.5. The Morgan fingerprint density at radius 3 is 2.59 bits per heavy atom. The Hall–Kier alpha value is -0.900. The van der Waals surface area contributed by atoms with E-state index < -0.39 is 11.9 Å². The highest BCUT2D eigenvalue weighted by atomic mass is 16.6. The van der Waals surface area contributed by atoms with Gasteiger partial charge in [-0.25, -0.2) is 0 Å². The van der Waals surface area contributed by atoms with Crippen LogP contribution in [0.1, 0.15) is 39.0 Å². The lowest BCUT2D eigenvalue weighted by atomic mass is 9.81. The van der Waals surface area contributed by atoms with Crippen molar-refractivity contribution >= 4 is 11.9 Å². The van der Waals surface area contributed by atoms with Gasteiger partial charge in [0.15, 0.2) is 0 Å². The van der Waals surface area contributed by atoms with E-state index in [0.717, 1.165) is 24.8 Å². The smallest absolute Gasteiger partial charge is 0.327 e. The van der Waals surface area contributed by atoms with E-state index in [4.69, 9.17) is 0 Å². The van der Waals surface area contributed by atoms with Crippen molar-refractivity contribution in [3.05, 3.63) is 0 Å². The van der Waals surface area contributed by atoms with E-state index in [1.165, 1.54) is 25.7 Å². The third-order valence-corrected chi connectivity index (χ3v) is 3.83. The first-order valence-corrected chi connectivity index (χ1v) is 6.59. The van der Waals surface area contributed by atoms with Crippen LogP contribution in [0.5, 0.6) is 0 Å². The highest BCUT2D eigenvalue weighted by Gasteiger charge is 2.26. The van der Waals surface area contributed by atoms with E-state index >= 15 is 0 Å². The molecule has 0 radical (unpaired) electrons. The van der Waals surface area contributed by atoms with Crippen molar-refractivity contribution in [1.29, 1.82) is 0 Å². The first-order chi connectivity index (χ1) is 8.13. The molecular formula is C13H21NO3. The molecule has 2 unspecified atom stereocenters. The zero-order chi connectivity index (χ0) is 12.3. The van der Waals surface area contributed by atoms with Crippen LogP contribution in [0.2, 0.25) is 0 Å². The fraction of sp³-hybridized carbons (Fsp3) is 0.846. The fourth-order valence-electron chi connectivity index (χ4n) is 2.96. The van der Waals surface area contributed by atoms with Gasteiger partial charge in [0.2, 0.25) is 0 Å². The van der Waals surface area contributed by atoms with Gasteiger partial charge in [-0.05, 0) is 31.2 Å². The van der Waals surface area contributed by atoms with Gasteiger partial charge in [-0.15, -0.1) is 0 Å². The summed E-state index contributed by atoms with van der Waals surface area (Å²) < 4.78 is 4.51. The molecule has 0 aromatic carbocycles. The van der Waals surface area contributed by atoms with Crippen LogP contribution in [-0.4, -0.2) is 36.5 Å². The Morgan fingerprint density at radius 1 is 1.24 bits per heavy atom. The van der Waals surface area contributed by atoms with Gasteiger partial charge in [0, 0.05) is 0 Å². The van der Waals surface area contributed by atoms with Crippen molar-refractivity contribution in [3.8, 4) is 0 Å². The Labute approximate surface area is 102 Å². The van der Waals surface area contributed by atoms with Gasteiger partial charge in [-0.1, -0.05) is 26.2 Å². The predicted molar refractivity (Wildman–Crippen MR) is 63.3 cm³/mol. The summed E-state index contributed by atoms with van der Waals surface area (Å²) in [7, 11) is 0. The van der Waals surface area contributed by atoms with Gasteiger partial charge in [0.05, 0.1) is 13.1 Å². The summed E-state index contributed by atoms with van der Waals surface area (Å²) in [6, 6.07) is 0. The molecule has 17 heavy (non-hydrogen) atoms. The number of hydrogen-bond acceptors (Lipinski definition) is 4. The molecule has 1 aliphatic heterocycles. The lowest BCUT2D eigenvalue weighted by molar-refractivity contribution is -0.166. The monoisotopic (exact) mass is 239 g/mol. The quantitative estimate of drug-likeness (QED) is 0.554. The van der Waals surface area contributed by atoms with Gasteiger partial charge in [0.1, 0.15) is 0 Å². The van der Waals surface area contributed by atoms with E-state index in [1.54, 1.807) is 0 Å². The minimum atomic E-state index is -0.404. The Balaban J connectivity index is 1.73. The molecule has 1 aliphatic carbocycles. The van der Waals surface area contributed by atoms with Crippen molar-refractivity contribution in [2.75, 3.05) is 19.6 Å². The Morgan fingerprint density at radius 2 is 1.94 bits per heavy atom. The van der Waals surface area contributed by atoms with E-state index in [-0.39, 0.29) is 13.1 Å². The van der Waals surface area contributed by atoms with Crippen molar-refractivity contribution < 1.29 is 14.3 Å². The summed E-state index contributed by atoms with van der Waals surface area (Å²) in [6.07, 6.45) is 6.38. The number of esters is 2. The van der Waals surface area contributed by atoms with Gasteiger partial charge in [0.25, 0.3) is 0 Å². The first-order valence-electron chi connectivity index (χ1n) is 6.59. The number of nitrogens with zero attached hydrogens (tertiary/aromatic N) is 1. The largest absolute Gasteiger partial charge is 0.391 e. The van der Waals surface area contributed by atoms with Crippen molar-refractivity contribution in [3.63, 3.8) is 0 Å². The maximum Gasteiger partial charge on any atom is 0.327 e. The Bertz CT molecular complexity index is 287. The van der Waals surface area contributed by atoms with Crippen molar-refractivity contribution in [2.45, 2.75) is 39.0 Å². The van der Waals surface area contributed by atoms with Crippen LogP contribution in [0.15, 0.2) is 0 Å². The lowest BCUT2D eigenvalue weighted by Gasteiger charge is -2.30. The van der Waals surface area contributed by atoms with E-state index in [0.29, 0.717) is 0 Å². The van der Waals surface area contributed by atoms with Gasteiger partial charge < -0.3 is 4.74 Å². The van der Waals surface area contributed by atoms with Crippen LogP contribution in [0.25, 0.3) is 0 Å². The molecule has 96 valence electrons. The van der Waals surface area contributed by atoms with E-state index in [1.807, 2.05) is 4.90 Å². The predicted octanol–water partition coefficient (Wildman–Crippen LogP) is 1.59. The minimum absolute atomic E-state index is 0.272. The average Bonchev–Trinajstić information content (AvgIpc) is 2.25. The fourth-order valence-corrected chi connectivity index (χ4v) is 2.96. The molecule has 0 amide bonds.